The van der Waals surface area contributed by atoms with E-state index >= 15 is 0 Å². The molecule has 10 nitrogen and oxygen atoms in total. The number of benzene rings is 1. The molecule has 27 heavy (non-hydrogen) atoms. The molecule has 0 spiro atoms. The number of esters is 3. The number of carbonyl (C=O) groups excluding carboxylic acids is 3. The van der Waals surface area contributed by atoms with Crippen molar-refractivity contribution >= 4 is 17.9 Å². The Labute approximate surface area is 155 Å². The molecule has 1 saturated heterocycles. The van der Waals surface area contributed by atoms with E-state index in [-0.39, 0.29) is 6.61 Å². The van der Waals surface area contributed by atoms with Gasteiger partial charge in [-0.2, -0.15) is 0 Å². The van der Waals surface area contributed by atoms with Crippen molar-refractivity contribution in [3.05, 3.63) is 45.8 Å². The minimum absolute atomic E-state index is 0.286. The Bertz CT molecular complexity index is 758. The molecular weight excluding hydrogens is 358 g/mol. The number of hydrogen-bond acceptors (Lipinski definition) is 8. The van der Waals surface area contributed by atoms with Crippen LogP contribution in [0.3, 0.4) is 0 Å². The number of carbonyl (C=O) groups is 3. The first kappa shape index (κ1) is 20.2. The van der Waals surface area contributed by atoms with E-state index in [1.165, 1.54) is 0 Å². The fourth-order valence-electron chi connectivity index (χ4n) is 2.55. The predicted octanol–water partition coefficient (Wildman–Crippen LogP) is 2.05. The van der Waals surface area contributed by atoms with Crippen LogP contribution in [0.15, 0.2) is 29.4 Å². The average molecular weight is 377 g/mol. The summed E-state index contributed by atoms with van der Waals surface area (Å²) in [6.07, 6.45) is -3.38. The van der Waals surface area contributed by atoms with Gasteiger partial charge in [0.2, 0.25) is 6.29 Å². The minimum Gasteiger partial charge on any atom is -0.459 e. The van der Waals surface area contributed by atoms with E-state index in [0.29, 0.717) is 5.56 Å². The number of ether oxygens (including phenoxy) is 4. The summed E-state index contributed by atoms with van der Waals surface area (Å²) in [4.78, 5) is 37.4. The van der Waals surface area contributed by atoms with Crippen molar-refractivity contribution < 1.29 is 33.3 Å². The summed E-state index contributed by atoms with van der Waals surface area (Å²) in [5.74, 6) is -1.94. The highest BCUT2D eigenvalue weighted by molar-refractivity contribution is 5.89. The Morgan fingerprint density at radius 1 is 1.15 bits per heavy atom. The summed E-state index contributed by atoms with van der Waals surface area (Å²) in [6, 6.07) is 5.72. The molecule has 1 fully saturated rings. The molecule has 10 heteroatoms. The summed E-state index contributed by atoms with van der Waals surface area (Å²) in [6.45, 7) is 3.91. The zero-order valence-corrected chi connectivity index (χ0v) is 15.0. The normalized spacial score (nSPS) is 23.8. The second-order valence-electron chi connectivity index (χ2n) is 5.89. The van der Waals surface area contributed by atoms with Crippen LogP contribution >= 0.6 is 0 Å². The number of azide groups is 1. The molecule has 2 rings (SSSR count). The fourth-order valence-corrected chi connectivity index (χ4v) is 2.55. The lowest BCUT2D eigenvalue weighted by atomic mass is 10.1. The number of hydrogen-bond donors (Lipinski definition) is 0. The van der Waals surface area contributed by atoms with Crippen LogP contribution in [-0.2, 0) is 28.5 Å². The van der Waals surface area contributed by atoms with Crippen LogP contribution in [0.1, 0.15) is 29.8 Å². The number of nitrogens with zero attached hydrogens (tertiary/aromatic N) is 3. The first-order valence-electron chi connectivity index (χ1n) is 8.09. The molecular formula is C17H19N3O7. The second-order valence-corrected chi connectivity index (χ2v) is 5.89. The Kier molecular flexibility index (Phi) is 6.75. The largest absolute Gasteiger partial charge is 0.459 e. The van der Waals surface area contributed by atoms with Crippen LogP contribution in [0.4, 0.5) is 0 Å². The summed E-state index contributed by atoms with van der Waals surface area (Å²) in [5, 5.41) is 3.56. The average Bonchev–Trinajstić information content (AvgIpc) is 2.89. The third-order valence-electron chi connectivity index (χ3n) is 3.73. The quantitative estimate of drug-likeness (QED) is 0.243. The van der Waals surface area contributed by atoms with Crippen molar-refractivity contribution in [1.82, 2.24) is 0 Å². The van der Waals surface area contributed by atoms with Crippen molar-refractivity contribution in [2.45, 2.75) is 45.3 Å². The zero-order valence-electron chi connectivity index (χ0n) is 15.0. The Morgan fingerprint density at radius 3 is 2.33 bits per heavy atom. The van der Waals surface area contributed by atoms with Gasteiger partial charge in [-0.05, 0) is 24.6 Å². The van der Waals surface area contributed by atoms with E-state index in [4.69, 9.17) is 24.5 Å². The molecule has 4 atom stereocenters. The maximum atomic E-state index is 12.1. The minimum atomic E-state index is -1.27. The van der Waals surface area contributed by atoms with E-state index in [9.17, 15) is 14.4 Å². The van der Waals surface area contributed by atoms with Crippen molar-refractivity contribution in [3.63, 3.8) is 0 Å². The van der Waals surface area contributed by atoms with Crippen LogP contribution in [0.5, 0.6) is 0 Å². The molecule has 0 bridgehead atoms. The van der Waals surface area contributed by atoms with Crippen LogP contribution in [0.2, 0.25) is 0 Å². The Hall–Kier alpha value is -3.10. The monoisotopic (exact) mass is 377 g/mol. The Balaban J connectivity index is 2.11. The smallest absolute Gasteiger partial charge is 0.338 e. The predicted molar refractivity (Wildman–Crippen MR) is 90.4 cm³/mol. The van der Waals surface area contributed by atoms with E-state index in [0.717, 1.165) is 19.4 Å². The lowest BCUT2D eigenvalue weighted by Crippen LogP contribution is -2.38. The molecule has 0 N–H and O–H groups in total. The molecule has 0 saturated carbocycles. The molecule has 1 unspecified atom stereocenters. The first-order valence-corrected chi connectivity index (χ1v) is 8.09. The maximum Gasteiger partial charge on any atom is 0.338 e. The molecule has 0 aromatic heterocycles. The van der Waals surface area contributed by atoms with Gasteiger partial charge in [-0.1, -0.05) is 22.8 Å². The molecule has 0 amide bonds. The molecule has 1 aliphatic rings. The van der Waals surface area contributed by atoms with Crippen LogP contribution in [0.25, 0.3) is 10.4 Å². The third kappa shape index (κ3) is 5.44. The van der Waals surface area contributed by atoms with Gasteiger partial charge in [-0.15, -0.1) is 0 Å². The maximum absolute atomic E-state index is 12.1. The van der Waals surface area contributed by atoms with Gasteiger partial charge in [0.15, 0.2) is 6.10 Å². The molecule has 0 radical (unpaired) electrons. The highest BCUT2D eigenvalue weighted by atomic mass is 16.7. The van der Waals surface area contributed by atoms with Gasteiger partial charge in [0.1, 0.15) is 18.8 Å². The van der Waals surface area contributed by atoms with Gasteiger partial charge in [-0.3, -0.25) is 9.59 Å². The fraction of sp³-hybridized carbons (Fsp3) is 0.471. The molecule has 1 aliphatic heterocycles. The number of aryl methyl sites for hydroxylation is 1. The number of rotatable bonds is 6. The Morgan fingerprint density at radius 2 is 1.78 bits per heavy atom. The van der Waals surface area contributed by atoms with E-state index < -0.39 is 42.4 Å². The van der Waals surface area contributed by atoms with Crippen molar-refractivity contribution in [2.75, 3.05) is 6.61 Å². The van der Waals surface area contributed by atoms with Gasteiger partial charge in [0.25, 0.3) is 0 Å². The lowest BCUT2D eigenvalue weighted by Gasteiger charge is -2.19. The third-order valence-corrected chi connectivity index (χ3v) is 3.73. The topological polar surface area (TPSA) is 137 Å². The molecule has 144 valence electrons. The first-order chi connectivity index (χ1) is 12.8. The van der Waals surface area contributed by atoms with Crippen molar-refractivity contribution in [1.29, 1.82) is 0 Å². The molecule has 1 aromatic rings. The van der Waals surface area contributed by atoms with Gasteiger partial charge in [0.05, 0.1) is 5.56 Å². The summed E-state index contributed by atoms with van der Waals surface area (Å²) in [5.41, 5.74) is 10.1. The zero-order chi connectivity index (χ0) is 20.0. The van der Waals surface area contributed by atoms with Crippen LogP contribution in [0, 0.1) is 6.92 Å². The van der Waals surface area contributed by atoms with Crippen LogP contribution in [-0.4, -0.2) is 49.1 Å². The summed E-state index contributed by atoms with van der Waals surface area (Å²) >= 11 is 0. The highest BCUT2D eigenvalue weighted by Gasteiger charge is 2.49. The van der Waals surface area contributed by atoms with Crippen molar-refractivity contribution in [2.24, 2.45) is 5.11 Å². The van der Waals surface area contributed by atoms with E-state index in [1.807, 2.05) is 6.92 Å². The van der Waals surface area contributed by atoms with E-state index in [2.05, 4.69) is 10.0 Å². The van der Waals surface area contributed by atoms with Gasteiger partial charge >= 0.3 is 17.9 Å². The van der Waals surface area contributed by atoms with Crippen molar-refractivity contribution in [3.8, 4) is 0 Å². The molecule has 1 heterocycles. The van der Waals surface area contributed by atoms with Gasteiger partial charge in [0, 0.05) is 18.8 Å². The SMILES string of the molecule is CC(=O)OC1O[C@@H](COC(=O)c2ccc(C)cc2)[C@H](N=[N+]=[N-])[C@@H]1OC(C)=O. The summed E-state index contributed by atoms with van der Waals surface area (Å²) < 4.78 is 20.8. The van der Waals surface area contributed by atoms with Crippen LogP contribution < -0.4 is 0 Å². The summed E-state index contributed by atoms with van der Waals surface area (Å²) in [7, 11) is 0. The van der Waals surface area contributed by atoms with Gasteiger partial charge in [-0.25, -0.2) is 4.79 Å². The lowest BCUT2D eigenvalue weighted by molar-refractivity contribution is -0.195. The van der Waals surface area contributed by atoms with E-state index in [1.54, 1.807) is 24.3 Å². The highest BCUT2D eigenvalue weighted by Crippen LogP contribution is 2.28. The van der Waals surface area contributed by atoms with Gasteiger partial charge < -0.3 is 18.9 Å². The second kappa shape index (κ2) is 9.02. The molecule has 1 aromatic carbocycles. The molecule has 0 aliphatic carbocycles. The standard InChI is InChI=1S/C17H19N3O7/c1-9-4-6-12(7-5-9)16(23)24-8-13-14(19-20-18)15(25-10(2)21)17(27-13)26-11(3)22/h4-7,13-15,17H,8H2,1-3H3/t13-,14-,15-,17?/m0/s1.